The maximum Gasteiger partial charge on any atom is 0.191 e. The van der Waals surface area contributed by atoms with Gasteiger partial charge in [-0.1, -0.05) is 0 Å². The van der Waals surface area contributed by atoms with E-state index in [-0.39, 0.29) is 29.5 Å². The predicted octanol–water partition coefficient (Wildman–Crippen LogP) is 1.30. The number of aliphatic imine (C=N–C) groups is 1. The van der Waals surface area contributed by atoms with Gasteiger partial charge in [0.1, 0.15) is 12.4 Å². The Balaban J connectivity index is 0.00000338. The van der Waals surface area contributed by atoms with Gasteiger partial charge in [0.05, 0.1) is 13.1 Å². The molecular formula is C17H34IN7O. The molecule has 1 aromatic rings. The van der Waals surface area contributed by atoms with Crippen LogP contribution in [0.2, 0.25) is 0 Å². The van der Waals surface area contributed by atoms with Crippen LogP contribution in [0.3, 0.4) is 0 Å². The average Bonchev–Trinajstić information content (AvgIpc) is 2.93. The molecule has 150 valence electrons. The zero-order valence-electron chi connectivity index (χ0n) is 16.6. The molecule has 9 heteroatoms. The van der Waals surface area contributed by atoms with Gasteiger partial charge < -0.3 is 20.7 Å². The number of halogens is 1. The van der Waals surface area contributed by atoms with Crippen LogP contribution in [0, 0.1) is 0 Å². The molecule has 3 N–H and O–H groups in total. The molecule has 0 radical (unpaired) electrons. The van der Waals surface area contributed by atoms with Crippen LogP contribution in [0.1, 0.15) is 45.8 Å². The van der Waals surface area contributed by atoms with Crippen molar-refractivity contribution >= 4 is 29.9 Å². The Hall–Kier alpha value is -0.940. The van der Waals surface area contributed by atoms with Crippen LogP contribution < -0.4 is 16.0 Å². The van der Waals surface area contributed by atoms with Crippen molar-refractivity contribution < 1.29 is 4.74 Å². The summed E-state index contributed by atoms with van der Waals surface area (Å²) < 4.78 is 7.11. The normalized spacial score (nSPS) is 17.4. The third kappa shape index (κ3) is 7.75. The first kappa shape index (κ1) is 23.1. The summed E-state index contributed by atoms with van der Waals surface area (Å²) in [6.07, 6.45) is 1.94. The van der Waals surface area contributed by atoms with E-state index >= 15 is 0 Å². The molecule has 0 amide bonds. The summed E-state index contributed by atoms with van der Waals surface area (Å²) in [6.45, 7) is 12.3. The van der Waals surface area contributed by atoms with Crippen molar-refractivity contribution in [1.82, 2.24) is 30.7 Å². The van der Waals surface area contributed by atoms with Gasteiger partial charge in [0.25, 0.3) is 0 Å². The largest absolute Gasteiger partial charge is 0.377 e. The monoisotopic (exact) mass is 479 g/mol. The van der Waals surface area contributed by atoms with Crippen LogP contribution in [0.4, 0.5) is 0 Å². The lowest BCUT2D eigenvalue weighted by Crippen LogP contribution is -2.47. The highest BCUT2D eigenvalue weighted by atomic mass is 127. The summed E-state index contributed by atoms with van der Waals surface area (Å²) >= 11 is 0. The van der Waals surface area contributed by atoms with E-state index in [4.69, 9.17) is 4.74 Å². The van der Waals surface area contributed by atoms with Crippen molar-refractivity contribution in [3.05, 3.63) is 11.6 Å². The highest BCUT2D eigenvalue weighted by Gasteiger charge is 2.22. The van der Waals surface area contributed by atoms with Gasteiger partial charge in [0.2, 0.25) is 0 Å². The number of nitrogens with one attached hydrogen (secondary N) is 3. The molecule has 1 aliphatic rings. The Morgan fingerprint density at radius 3 is 2.81 bits per heavy atom. The average molecular weight is 479 g/mol. The number of nitrogens with zero attached hydrogens (tertiary/aromatic N) is 4. The Morgan fingerprint density at radius 1 is 1.38 bits per heavy atom. The van der Waals surface area contributed by atoms with Crippen LogP contribution in [-0.2, 0) is 24.3 Å². The number of rotatable bonds is 7. The number of hydrogen-bond donors (Lipinski definition) is 3. The van der Waals surface area contributed by atoms with E-state index in [9.17, 15) is 0 Å². The number of ether oxygens (including phenoxy) is 1. The fourth-order valence-electron chi connectivity index (χ4n) is 2.78. The topological polar surface area (TPSA) is 88.4 Å². The number of guanidine groups is 1. The van der Waals surface area contributed by atoms with Gasteiger partial charge in [-0.2, -0.15) is 5.10 Å². The van der Waals surface area contributed by atoms with Crippen molar-refractivity contribution in [3.63, 3.8) is 0 Å². The lowest BCUT2D eigenvalue weighted by Gasteiger charge is -2.25. The van der Waals surface area contributed by atoms with E-state index in [0.29, 0.717) is 12.6 Å². The number of methoxy groups -OCH3 is 1. The molecule has 2 rings (SSSR count). The van der Waals surface area contributed by atoms with Gasteiger partial charge >= 0.3 is 0 Å². The number of aromatic nitrogens is 3. The Kier molecular flexibility index (Phi) is 9.80. The maximum absolute atomic E-state index is 5.12. The lowest BCUT2D eigenvalue weighted by atomic mass is 10.1. The second kappa shape index (κ2) is 11.0. The van der Waals surface area contributed by atoms with Crippen LogP contribution in [0.5, 0.6) is 0 Å². The van der Waals surface area contributed by atoms with E-state index in [0.717, 1.165) is 56.6 Å². The molecule has 1 aliphatic heterocycles. The fraction of sp³-hybridized carbons (Fsp3) is 0.824. The minimum absolute atomic E-state index is 0. The number of aryl methyl sites for hydroxylation is 1. The Morgan fingerprint density at radius 2 is 2.15 bits per heavy atom. The lowest BCUT2D eigenvalue weighted by molar-refractivity contribution is 0.177. The molecule has 0 spiro atoms. The fourth-order valence-corrected chi connectivity index (χ4v) is 2.78. The third-order valence-electron chi connectivity index (χ3n) is 3.90. The van der Waals surface area contributed by atoms with Crippen molar-refractivity contribution in [2.24, 2.45) is 4.99 Å². The van der Waals surface area contributed by atoms with Crippen molar-refractivity contribution in [2.45, 2.75) is 65.3 Å². The summed E-state index contributed by atoms with van der Waals surface area (Å²) in [4.78, 5) is 9.19. The van der Waals surface area contributed by atoms with Gasteiger partial charge in [-0.15, -0.1) is 24.0 Å². The molecule has 0 aliphatic carbocycles. The summed E-state index contributed by atoms with van der Waals surface area (Å²) in [5.41, 5.74) is 0.119. The molecule has 0 saturated heterocycles. The van der Waals surface area contributed by atoms with E-state index in [1.54, 1.807) is 7.11 Å². The van der Waals surface area contributed by atoms with E-state index < -0.39 is 0 Å². The number of fused-ring (bicyclic) bond motifs is 1. The first-order valence-electron chi connectivity index (χ1n) is 9.12. The minimum atomic E-state index is 0. The quantitative estimate of drug-likeness (QED) is 0.237. The van der Waals surface area contributed by atoms with Gasteiger partial charge in [0.15, 0.2) is 11.8 Å². The highest BCUT2D eigenvalue weighted by molar-refractivity contribution is 14.0. The molecule has 1 atom stereocenters. The zero-order chi connectivity index (χ0) is 18.3. The summed E-state index contributed by atoms with van der Waals surface area (Å²) in [7, 11) is 1.66. The second-order valence-corrected chi connectivity index (χ2v) is 7.38. The molecule has 0 bridgehead atoms. The van der Waals surface area contributed by atoms with E-state index in [2.05, 4.69) is 58.7 Å². The standard InChI is InChI=1S/C17H33N7O.HI/c1-6-18-16(19-9-10-20-17(2,3)4)21-13-7-8-15-22-14(12-25-5)23-24(15)11-13;/h13,20H,6-12H2,1-5H3,(H2,18,19,21);1H. The summed E-state index contributed by atoms with van der Waals surface area (Å²) in [5.74, 6) is 2.66. The Labute approximate surface area is 174 Å². The van der Waals surface area contributed by atoms with Crippen LogP contribution in [0.15, 0.2) is 4.99 Å². The molecule has 0 fully saturated rings. The van der Waals surface area contributed by atoms with Gasteiger partial charge in [-0.05, 0) is 34.1 Å². The molecule has 0 saturated carbocycles. The minimum Gasteiger partial charge on any atom is -0.377 e. The van der Waals surface area contributed by atoms with Crippen LogP contribution >= 0.6 is 24.0 Å². The molecule has 26 heavy (non-hydrogen) atoms. The third-order valence-corrected chi connectivity index (χ3v) is 3.90. The van der Waals surface area contributed by atoms with Gasteiger partial charge in [-0.3, -0.25) is 4.99 Å². The molecule has 2 heterocycles. The summed E-state index contributed by atoms with van der Waals surface area (Å²) in [5, 5.41) is 14.8. The molecular weight excluding hydrogens is 445 g/mol. The van der Waals surface area contributed by atoms with Crippen LogP contribution in [-0.4, -0.2) is 59.0 Å². The molecule has 1 aromatic heterocycles. The van der Waals surface area contributed by atoms with Gasteiger partial charge in [-0.25, -0.2) is 9.67 Å². The zero-order valence-corrected chi connectivity index (χ0v) is 19.0. The Bertz CT molecular complexity index is 568. The molecule has 1 unspecified atom stereocenters. The van der Waals surface area contributed by atoms with Crippen LogP contribution in [0.25, 0.3) is 0 Å². The highest BCUT2D eigenvalue weighted by Crippen LogP contribution is 2.13. The van der Waals surface area contributed by atoms with E-state index in [1.165, 1.54) is 0 Å². The first-order valence-corrected chi connectivity index (χ1v) is 9.12. The van der Waals surface area contributed by atoms with E-state index in [1.807, 2.05) is 4.68 Å². The predicted molar refractivity (Wildman–Crippen MR) is 115 cm³/mol. The maximum atomic E-state index is 5.12. The SMILES string of the molecule is CCNC(=NCCNC(C)(C)C)NC1CCc2nc(COC)nn2C1.I. The summed E-state index contributed by atoms with van der Waals surface area (Å²) in [6, 6.07) is 0.304. The molecule has 8 nitrogen and oxygen atoms in total. The molecule has 0 aromatic carbocycles. The van der Waals surface area contributed by atoms with Gasteiger partial charge in [0, 0.05) is 38.2 Å². The second-order valence-electron chi connectivity index (χ2n) is 7.38. The first-order chi connectivity index (χ1) is 11.9. The van der Waals surface area contributed by atoms with Crippen molar-refractivity contribution in [3.8, 4) is 0 Å². The van der Waals surface area contributed by atoms with Crippen molar-refractivity contribution in [2.75, 3.05) is 26.7 Å². The van der Waals surface area contributed by atoms with Crippen molar-refractivity contribution in [1.29, 1.82) is 0 Å². The smallest absolute Gasteiger partial charge is 0.191 e. The number of hydrogen-bond acceptors (Lipinski definition) is 5.